The first-order valence-corrected chi connectivity index (χ1v) is 9.13. The number of pyridine rings is 1. The normalized spacial score (nSPS) is 10.9. The van der Waals surface area contributed by atoms with Crippen molar-refractivity contribution in [1.82, 2.24) is 15.0 Å². The van der Waals surface area contributed by atoms with E-state index in [0.29, 0.717) is 40.5 Å². The van der Waals surface area contributed by atoms with Gasteiger partial charge >= 0.3 is 0 Å². The number of rotatable bonds is 5. The fraction of sp³-hybridized carbons (Fsp3) is 0.136. The molecule has 2 aromatic carbocycles. The van der Waals surface area contributed by atoms with Gasteiger partial charge in [-0.3, -0.25) is 4.98 Å². The number of ether oxygens (including phenoxy) is 1. The van der Waals surface area contributed by atoms with Gasteiger partial charge in [-0.15, -0.1) is 0 Å². The molecule has 0 amide bonds. The maximum Gasteiger partial charge on any atom is 0.163 e. The van der Waals surface area contributed by atoms with E-state index in [0.717, 1.165) is 23.8 Å². The highest BCUT2D eigenvalue weighted by Crippen LogP contribution is 2.36. The molecular weight excluding hydrogens is 374 g/mol. The van der Waals surface area contributed by atoms with Gasteiger partial charge in [0, 0.05) is 36.0 Å². The lowest BCUT2D eigenvalue weighted by molar-refractivity contribution is 0.344. The number of nitrogens with zero attached hydrogens (tertiary/aromatic N) is 3. The Morgan fingerprint density at radius 2 is 1.90 bits per heavy atom. The third-order valence-electron chi connectivity index (χ3n) is 4.46. The summed E-state index contributed by atoms with van der Waals surface area (Å²) in [5.74, 6) is 0.463. The van der Waals surface area contributed by atoms with Crippen LogP contribution >= 0.6 is 0 Å². The van der Waals surface area contributed by atoms with Crippen LogP contribution in [0.1, 0.15) is 6.92 Å². The summed E-state index contributed by atoms with van der Waals surface area (Å²) in [5.41, 5.74) is 1.96. The van der Waals surface area contributed by atoms with Crippen molar-refractivity contribution in [2.75, 3.05) is 19.0 Å². The van der Waals surface area contributed by atoms with E-state index in [1.54, 1.807) is 37.6 Å². The van der Waals surface area contributed by atoms with Crippen LogP contribution in [0.3, 0.4) is 0 Å². The Hall–Kier alpha value is -3.61. The Bertz CT molecular complexity index is 1180. The summed E-state index contributed by atoms with van der Waals surface area (Å²) in [4.78, 5) is 13.4. The minimum Gasteiger partial charge on any atom is -0.492 e. The van der Waals surface area contributed by atoms with E-state index >= 15 is 0 Å². The van der Waals surface area contributed by atoms with E-state index in [1.165, 1.54) is 0 Å². The highest BCUT2D eigenvalue weighted by atomic mass is 19.1. The number of hydrogen-bond donors (Lipinski definition) is 1. The van der Waals surface area contributed by atoms with Crippen molar-refractivity contribution >= 4 is 16.7 Å². The first-order chi connectivity index (χ1) is 14.1. The number of benzene rings is 2. The number of aromatic nitrogens is 3. The van der Waals surface area contributed by atoms with Crippen molar-refractivity contribution in [2.24, 2.45) is 0 Å². The van der Waals surface area contributed by atoms with Gasteiger partial charge in [0.15, 0.2) is 5.82 Å². The predicted molar refractivity (Wildman–Crippen MR) is 109 cm³/mol. The van der Waals surface area contributed by atoms with Crippen molar-refractivity contribution in [3.05, 3.63) is 66.5 Å². The molecule has 0 fully saturated rings. The van der Waals surface area contributed by atoms with Gasteiger partial charge in [-0.2, -0.15) is 0 Å². The number of hydrogen-bond acceptors (Lipinski definition) is 5. The summed E-state index contributed by atoms with van der Waals surface area (Å²) in [6.07, 6.45) is 3.35. The van der Waals surface area contributed by atoms with Crippen molar-refractivity contribution in [2.45, 2.75) is 6.92 Å². The Kier molecular flexibility index (Phi) is 5.03. The van der Waals surface area contributed by atoms with E-state index in [9.17, 15) is 8.78 Å². The topological polar surface area (TPSA) is 59.9 Å². The Morgan fingerprint density at radius 1 is 1.03 bits per heavy atom. The van der Waals surface area contributed by atoms with Gasteiger partial charge in [-0.25, -0.2) is 18.7 Å². The lowest BCUT2D eigenvalue weighted by Crippen LogP contribution is -2.02. The molecule has 7 heteroatoms. The second-order valence-corrected chi connectivity index (χ2v) is 6.32. The summed E-state index contributed by atoms with van der Waals surface area (Å²) >= 11 is 0. The largest absolute Gasteiger partial charge is 0.492 e. The second kappa shape index (κ2) is 7.79. The van der Waals surface area contributed by atoms with E-state index in [4.69, 9.17) is 4.74 Å². The van der Waals surface area contributed by atoms with Crippen molar-refractivity contribution < 1.29 is 13.5 Å². The van der Waals surface area contributed by atoms with Gasteiger partial charge < -0.3 is 10.1 Å². The molecule has 0 saturated carbocycles. The van der Waals surface area contributed by atoms with E-state index in [1.807, 2.05) is 13.0 Å². The standard InChI is InChI=1S/C22H18F2N4O/c1-3-29-19-10-14(16-11-15(23)6-7-18(16)24)9-17-20(19)27-21(28-22(17)25-2)13-5-4-8-26-12-13/h4-12H,3H2,1-2H3,(H,25,27,28). The molecule has 4 aromatic rings. The molecule has 2 aromatic heterocycles. The zero-order valence-corrected chi connectivity index (χ0v) is 15.9. The van der Waals surface area contributed by atoms with Gasteiger partial charge in [-0.05, 0) is 55.0 Å². The van der Waals surface area contributed by atoms with Crippen molar-refractivity contribution in [3.8, 4) is 28.3 Å². The molecule has 0 unspecified atom stereocenters. The monoisotopic (exact) mass is 392 g/mol. The quantitative estimate of drug-likeness (QED) is 0.513. The molecule has 0 spiro atoms. The molecule has 0 radical (unpaired) electrons. The average molecular weight is 392 g/mol. The van der Waals surface area contributed by atoms with Crippen LogP contribution in [0.4, 0.5) is 14.6 Å². The zero-order valence-electron chi connectivity index (χ0n) is 15.9. The molecule has 1 N–H and O–H groups in total. The third-order valence-corrected chi connectivity index (χ3v) is 4.46. The Labute approximate surface area is 166 Å². The highest BCUT2D eigenvalue weighted by molar-refractivity contribution is 5.97. The predicted octanol–water partition coefficient (Wildman–Crippen LogP) is 5.08. The minimum absolute atomic E-state index is 0.145. The molecular formula is C22H18F2N4O. The van der Waals surface area contributed by atoms with Gasteiger partial charge in [-0.1, -0.05) is 0 Å². The van der Waals surface area contributed by atoms with Crippen LogP contribution in [0, 0.1) is 11.6 Å². The van der Waals surface area contributed by atoms with Gasteiger partial charge in [0.05, 0.1) is 6.61 Å². The summed E-state index contributed by atoms with van der Waals surface area (Å²) in [5, 5.41) is 3.70. The van der Waals surface area contributed by atoms with Crippen LogP contribution in [0.5, 0.6) is 5.75 Å². The van der Waals surface area contributed by atoms with E-state index in [2.05, 4.69) is 20.3 Å². The summed E-state index contributed by atoms with van der Waals surface area (Å²) in [6, 6.07) is 10.4. The molecule has 0 bridgehead atoms. The maximum atomic E-state index is 14.4. The Balaban J connectivity index is 2.00. The molecule has 146 valence electrons. The molecule has 0 saturated heterocycles. The number of nitrogens with one attached hydrogen (secondary N) is 1. The molecule has 4 rings (SSSR count). The van der Waals surface area contributed by atoms with Crippen LogP contribution in [0.2, 0.25) is 0 Å². The average Bonchev–Trinajstić information content (AvgIpc) is 2.75. The van der Waals surface area contributed by atoms with E-state index in [-0.39, 0.29) is 5.56 Å². The van der Waals surface area contributed by atoms with Crippen LogP contribution in [-0.4, -0.2) is 28.6 Å². The minimum atomic E-state index is -0.521. The molecule has 5 nitrogen and oxygen atoms in total. The van der Waals surface area contributed by atoms with Gasteiger partial charge in [0.2, 0.25) is 0 Å². The van der Waals surface area contributed by atoms with Crippen LogP contribution in [-0.2, 0) is 0 Å². The number of anilines is 1. The van der Waals surface area contributed by atoms with E-state index < -0.39 is 11.6 Å². The smallest absolute Gasteiger partial charge is 0.163 e. The lowest BCUT2D eigenvalue weighted by Gasteiger charge is -2.14. The van der Waals surface area contributed by atoms with Crippen LogP contribution in [0.25, 0.3) is 33.4 Å². The second-order valence-electron chi connectivity index (χ2n) is 6.32. The fourth-order valence-electron chi connectivity index (χ4n) is 3.16. The van der Waals surface area contributed by atoms with Crippen LogP contribution < -0.4 is 10.1 Å². The van der Waals surface area contributed by atoms with Crippen LogP contribution in [0.15, 0.2) is 54.9 Å². The number of halogens is 2. The zero-order chi connectivity index (χ0) is 20.4. The SMILES string of the molecule is CCOc1cc(-c2cc(F)ccc2F)cc2c(NC)nc(-c3cccnc3)nc12. The summed E-state index contributed by atoms with van der Waals surface area (Å²) in [7, 11) is 1.74. The lowest BCUT2D eigenvalue weighted by atomic mass is 10.0. The molecule has 0 aliphatic rings. The molecule has 0 atom stereocenters. The number of fused-ring (bicyclic) bond motifs is 1. The summed E-state index contributed by atoms with van der Waals surface area (Å²) in [6.45, 7) is 2.24. The van der Waals surface area contributed by atoms with Gasteiger partial charge in [0.25, 0.3) is 0 Å². The maximum absolute atomic E-state index is 14.4. The molecule has 0 aliphatic heterocycles. The first kappa shape index (κ1) is 18.7. The summed E-state index contributed by atoms with van der Waals surface area (Å²) < 4.78 is 33.9. The van der Waals surface area contributed by atoms with Crippen molar-refractivity contribution in [1.29, 1.82) is 0 Å². The highest BCUT2D eigenvalue weighted by Gasteiger charge is 2.17. The fourth-order valence-corrected chi connectivity index (χ4v) is 3.16. The third kappa shape index (κ3) is 3.59. The molecule has 0 aliphatic carbocycles. The Morgan fingerprint density at radius 3 is 2.62 bits per heavy atom. The molecule has 2 heterocycles. The van der Waals surface area contributed by atoms with Crippen molar-refractivity contribution in [3.63, 3.8) is 0 Å². The van der Waals surface area contributed by atoms with Gasteiger partial charge in [0.1, 0.15) is 28.7 Å². The molecule has 29 heavy (non-hydrogen) atoms. The first-order valence-electron chi connectivity index (χ1n) is 9.13.